The normalized spacial score (nSPS) is 17.0. The molecule has 1 saturated heterocycles. The van der Waals surface area contributed by atoms with Gasteiger partial charge in [-0.2, -0.15) is 0 Å². The van der Waals surface area contributed by atoms with Gasteiger partial charge in [0.1, 0.15) is 11.5 Å². The summed E-state index contributed by atoms with van der Waals surface area (Å²) in [5.74, 6) is 1.00. The fourth-order valence-corrected chi connectivity index (χ4v) is 3.96. The third kappa shape index (κ3) is 4.18. The van der Waals surface area contributed by atoms with Crippen molar-refractivity contribution in [2.45, 2.75) is 32.7 Å². The van der Waals surface area contributed by atoms with Gasteiger partial charge in [0.15, 0.2) is 10.9 Å². The lowest BCUT2D eigenvalue weighted by Gasteiger charge is -2.22. The van der Waals surface area contributed by atoms with Crippen molar-refractivity contribution in [3.05, 3.63) is 40.7 Å². The van der Waals surface area contributed by atoms with Crippen LogP contribution in [0.25, 0.3) is 0 Å². The number of aryl methyl sites for hydroxylation is 2. The van der Waals surface area contributed by atoms with E-state index in [4.69, 9.17) is 4.98 Å². The number of carbonyl (C=O) groups excluding carboxylic acids is 1. The molecule has 9 nitrogen and oxygen atoms in total. The van der Waals surface area contributed by atoms with E-state index in [1.54, 1.807) is 18.3 Å². The molecule has 0 spiro atoms. The quantitative estimate of drug-likeness (QED) is 0.651. The third-order valence-corrected chi connectivity index (χ3v) is 5.41. The van der Waals surface area contributed by atoms with Gasteiger partial charge in [0.2, 0.25) is 5.91 Å². The Morgan fingerprint density at radius 1 is 1.36 bits per heavy atom. The second-order valence-electron chi connectivity index (χ2n) is 6.80. The van der Waals surface area contributed by atoms with Crippen LogP contribution in [0.2, 0.25) is 0 Å². The summed E-state index contributed by atoms with van der Waals surface area (Å²) >= 11 is 1.54. The first kappa shape index (κ1) is 18.5. The van der Waals surface area contributed by atoms with Crippen LogP contribution >= 0.6 is 11.3 Å². The molecule has 0 aliphatic carbocycles. The fourth-order valence-electron chi connectivity index (χ4n) is 3.20. The van der Waals surface area contributed by atoms with E-state index in [9.17, 15) is 4.79 Å². The number of nitrogens with zero attached hydrogens (tertiary/aromatic N) is 5. The Labute approximate surface area is 166 Å². The number of hydrogen-bond donors (Lipinski definition) is 2. The second-order valence-corrected chi connectivity index (χ2v) is 7.66. The van der Waals surface area contributed by atoms with Crippen LogP contribution in [0.4, 0.5) is 16.8 Å². The van der Waals surface area contributed by atoms with Gasteiger partial charge in [0.25, 0.3) is 0 Å². The lowest BCUT2D eigenvalue weighted by atomic mass is 10.2. The van der Waals surface area contributed by atoms with Crippen LogP contribution in [0.5, 0.6) is 0 Å². The van der Waals surface area contributed by atoms with E-state index in [1.165, 1.54) is 0 Å². The number of aromatic nitrogens is 4. The second kappa shape index (κ2) is 8.03. The molecule has 0 radical (unpaired) electrons. The largest absolute Gasteiger partial charge is 0.316 e. The molecule has 0 aromatic carbocycles. The smallest absolute Gasteiger partial charge is 0.239 e. The van der Waals surface area contributed by atoms with E-state index >= 15 is 0 Å². The summed E-state index contributed by atoms with van der Waals surface area (Å²) in [7, 11) is 0. The molecule has 1 amide bonds. The van der Waals surface area contributed by atoms with Gasteiger partial charge in [-0.05, 0) is 50.0 Å². The number of hydrogen-bond acceptors (Lipinski definition) is 9. The molecule has 1 unspecified atom stereocenters. The zero-order valence-corrected chi connectivity index (χ0v) is 16.5. The SMILES string of the molecule is Cc1ccc(Nc2nc(C3CCCN3CC(=O)Nc3nonc3C)cs2)nc1. The highest BCUT2D eigenvalue weighted by Crippen LogP contribution is 2.34. The summed E-state index contributed by atoms with van der Waals surface area (Å²) in [5.41, 5.74) is 2.65. The Morgan fingerprint density at radius 3 is 3.00 bits per heavy atom. The molecule has 3 aromatic rings. The first-order chi connectivity index (χ1) is 13.6. The lowest BCUT2D eigenvalue weighted by molar-refractivity contribution is -0.117. The van der Waals surface area contributed by atoms with Gasteiger partial charge >= 0.3 is 0 Å². The predicted molar refractivity (Wildman–Crippen MR) is 106 cm³/mol. The monoisotopic (exact) mass is 399 g/mol. The van der Waals surface area contributed by atoms with Gasteiger partial charge < -0.3 is 10.6 Å². The maximum atomic E-state index is 12.4. The van der Waals surface area contributed by atoms with Gasteiger partial charge in [-0.3, -0.25) is 9.69 Å². The Kier molecular flexibility index (Phi) is 5.31. The highest BCUT2D eigenvalue weighted by molar-refractivity contribution is 7.13. The summed E-state index contributed by atoms with van der Waals surface area (Å²) in [4.78, 5) is 23.6. The van der Waals surface area contributed by atoms with Crippen LogP contribution in [0, 0.1) is 13.8 Å². The first-order valence-electron chi connectivity index (χ1n) is 9.06. The Hall–Kier alpha value is -2.85. The zero-order valence-electron chi connectivity index (χ0n) is 15.7. The Balaban J connectivity index is 1.39. The van der Waals surface area contributed by atoms with Crippen LogP contribution < -0.4 is 10.6 Å². The molecule has 0 saturated carbocycles. The van der Waals surface area contributed by atoms with Crippen molar-refractivity contribution in [2.75, 3.05) is 23.7 Å². The maximum Gasteiger partial charge on any atom is 0.239 e. The maximum absolute atomic E-state index is 12.4. The minimum atomic E-state index is -0.136. The topological polar surface area (TPSA) is 109 Å². The molecular formula is C18H21N7O2S. The molecule has 10 heteroatoms. The number of nitrogens with one attached hydrogen (secondary N) is 2. The van der Waals surface area contributed by atoms with Crippen LogP contribution in [0.15, 0.2) is 28.3 Å². The van der Waals surface area contributed by atoms with E-state index in [2.05, 4.69) is 35.5 Å². The van der Waals surface area contributed by atoms with Crippen molar-refractivity contribution >= 4 is 34.0 Å². The summed E-state index contributed by atoms with van der Waals surface area (Å²) in [5, 5.41) is 16.2. The molecule has 1 fully saturated rings. The number of carbonyl (C=O) groups is 1. The van der Waals surface area contributed by atoms with Gasteiger partial charge in [-0.15, -0.1) is 11.3 Å². The summed E-state index contributed by atoms with van der Waals surface area (Å²) in [6.45, 7) is 4.87. The molecule has 28 heavy (non-hydrogen) atoms. The van der Waals surface area contributed by atoms with Crippen LogP contribution in [0.3, 0.4) is 0 Å². The minimum absolute atomic E-state index is 0.125. The number of rotatable bonds is 6. The van der Waals surface area contributed by atoms with Gasteiger partial charge in [0.05, 0.1) is 18.3 Å². The number of likely N-dealkylation sites (tertiary alicyclic amines) is 1. The van der Waals surface area contributed by atoms with Crippen molar-refractivity contribution < 1.29 is 9.42 Å². The minimum Gasteiger partial charge on any atom is -0.316 e. The van der Waals surface area contributed by atoms with E-state index in [0.29, 0.717) is 11.5 Å². The molecule has 1 aliphatic heterocycles. The van der Waals surface area contributed by atoms with Gasteiger partial charge in [0, 0.05) is 11.6 Å². The number of pyridine rings is 1. The molecule has 4 rings (SSSR count). The summed E-state index contributed by atoms with van der Waals surface area (Å²) < 4.78 is 4.62. The van der Waals surface area contributed by atoms with Crippen LogP contribution in [-0.2, 0) is 4.79 Å². The molecule has 2 N–H and O–H groups in total. The third-order valence-electron chi connectivity index (χ3n) is 4.63. The van der Waals surface area contributed by atoms with Crippen LogP contribution in [0.1, 0.15) is 35.8 Å². The molecule has 146 valence electrons. The van der Waals surface area contributed by atoms with Crippen molar-refractivity contribution in [3.63, 3.8) is 0 Å². The highest BCUT2D eigenvalue weighted by Gasteiger charge is 2.29. The average Bonchev–Trinajstić information content (AvgIpc) is 3.40. The highest BCUT2D eigenvalue weighted by atomic mass is 32.1. The fraction of sp³-hybridized carbons (Fsp3) is 0.389. The molecule has 4 heterocycles. The summed E-state index contributed by atoms with van der Waals surface area (Å²) in [6, 6.07) is 4.07. The van der Waals surface area contributed by atoms with Gasteiger partial charge in [-0.25, -0.2) is 14.6 Å². The van der Waals surface area contributed by atoms with Crippen molar-refractivity contribution in [2.24, 2.45) is 0 Å². The number of anilines is 3. The molecule has 1 atom stereocenters. The summed E-state index contributed by atoms with van der Waals surface area (Å²) in [6.07, 6.45) is 3.83. The number of thiazole rings is 1. The predicted octanol–water partition coefficient (Wildman–Crippen LogP) is 3.06. The van der Waals surface area contributed by atoms with Crippen molar-refractivity contribution in [1.82, 2.24) is 25.2 Å². The molecule has 3 aromatic heterocycles. The first-order valence-corrected chi connectivity index (χ1v) is 9.94. The number of amides is 1. The standard InChI is InChI=1S/C18H21N7O2S/c1-11-5-6-15(19-8-11)21-18-20-13(10-28-18)14-4-3-7-25(14)9-16(26)22-17-12(2)23-27-24-17/h5-6,8,10,14H,3-4,7,9H2,1-2H3,(H,19,20,21)(H,22,24,26). The van der Waals surface area contributed by atoms with E-state index in [-0.39, 0.29) is 18.5 Å². The Bertz CT molecular complexity index is 953. The van der Waals surface area contributed by atoms with E-state index in [0.717, 1.165) is 41.6 Å². The van der Waals surface area contributed by atoms with Crippen LogP contribution in [-0.4, -0.2) is 44.2 Å². The molecule has 1 aliphatic rings. The van der Waals surface area contributed by atoms with Crippen molar-refractivity contribution in [1.29, 1.82) is 0 Å². The van der Waals surface area contributed by atoms with E-state index in [1.807, 2.05) is 30.6 Å². The van der Waals surface area contributed by atoms with Crippen molar-refractivity contribution in [3.8, 4) is 0 Å². The molecule has 0 bridgehead atoms. The average molecular weight is 399 g/mol. The molecular weight excluding hydrogens is 378 g/mol. The lowest BCUT2D eigenvalue weighted by Crippen LogP contribution is -2.33. The Morgan fingerprint density at radius 2 is 2.25 bits per heavy atom. The van der Waals surface area contributed by atoms with Gasteiger partial charge in [-0.1, -0.05) is 11.2 Å². The van der Waals surface area contributed by atoms with E-state index < -0.39 is 0 Å². The zero-order chi connectivity index (χ0) is 19.5.